The summed E-state index contributed by atoms with van der Waals surface area (Å²) in [6.07, 6.45) is 0. The van der Waals surface area contributed by atoms with Crippen LogP contribution in [0.4, 0.5) is 5.69 Å². The fraction of sp³-hybridized carbons (Fsp3) is 0.0556. The van der Waals surface area contributed by atoms with Crippen LogP contribution in [0.5, 0.6) is 5.75 Å². The van der Waals surface area contributed by atoms with Crippen LogP contribution in [0.1, 0.15) is 15.9 Å². The molecule has 0 radical (unpaired) electrons. The standard InChI is InChI=1S/C18H14ClNO5S2/c19-13-5-3-12(4-6-13)11-25-18(22)15-10-14(7-8-16(15)21)20-27(23,24)17-2-1-9-26-17/h1-10,20-21H,11H2. The lowest BCUT2D eigenvalue weighted by molar-refractivity contribution is 0.0469. The van der Waals surface area contributed by atoms with Gasteiger partial charge in [-0.1, -0.05) is 29.8 Å². The number of sulfonamides is 1. The summed E-state index contributed by atoms with van der Waals surface area (Å²) in [5, 5.41) is 12.1. The molecular weight excluding hydrogens is 410 g/mol. The Morgan fingerprint density at radius 1 is 1.15 bits per heavy atom. The van der Waals surface area contributed by atoms with Crippen molar-refractivity contribution in [2.24, 2.45) is 0 Å². The Hall–Kier alpha value is -2.55. The van der Waals surface area contributed by atoms with E-state index in [4.69, 9.17) is 16.3 Å². The summed E-state index contributed by atoms with van der Waals surface area (Å²) in [7, 11) is -3.76. The van der Waals surface area contributed by atoms with E-state index in [9.17, 15) is 18.3 Å². The van der Waals surface area contributed by atoms with Crippen LogP contribution < -0.4 is 4.72 Å². The Bertz CT molecular complexity index is 1050. The van der Waals surface area contributed by atoms with Gasteiger partial charge in [-0.2, -0.15) is 0 Å². The van der Waals surface area contributed by atoms with E-state index < -0.39 is 16.0 Å². The Balaban J connectivity index is 1.74. The molecule has 0 spiro atoms. The Labute approximate surface area is 165 Å². The number of carbonyl (C=O) groups is 1. The van der Waals surface area contributed by atoms with E-state index in [1.807, 2.05) is 0 Å². The minimum Gasteiger partial charge on any atom is -0.507 e. The molecule has 6 nitrogen and oxygen atoms in total. The number of anilines is 1. The first kappa shape index (κ1) is 19.2. The van der Waals surface area contributed by atoms with E-state index in [0.29, 0.717) is 5.02 Å². The van der Waals surface area contributed by atoms with Crippen molar-refractivity contribution in [3.63, 3.8) is 0 Å². The molecule has 0 saturated carbocycles. The number of hydrogen-bond acceptors (Lipinski definition) is 6. The summed E-state index contributed by atoms with van der Waals surface area (Å²) in [5.74, 6) is -1.09. The maximum atomic E-state index is 12.3. The van der Waals surface area contributed by atoms with Crippen molar-refractivity contribution in [1.82, 2.24) is 0 Å². The third kappa shape index (κ3) is 4.79. The lowest BCUT2D eigenvalue weighted by Crippen LogP contribution is -2.12. The minimum absolute atomic E-state index is 0.0133. The summed E-state index contributed by atoms with van der Waals surface area (Å²) < 4.78 is 32.2. The largest absolute Gasteiger partial charge is 0.507 e. The molecule has 0 fully saturated rings. The molecule has 1 heterocycles. The van der Waals surface area contributed by atoms with Crippen molar-refractivity contribution in [2.45, 2.75) is 10.8 Å². The highest BCUT2D eigenvalue weighted by Crippen LogP contribution is 2.26. The maximum Gasteiger partial charge on any atom is 0.342 e. The first-order valence-corrected chi connectivity index (χ1v) is 10.4. The third-order valence-corrected chi connectivity index (χ3v) is 6.54. The zero-order chi connectivity index (χ0) is 19.4. The Morgan fingerprint density at radius 3 is 2.56 bits per heavy atom. The van der Waals surface area contributed by atoms with Crippen molar-refractivity contribution in [3.8, 4) is 5.75 Å². The topological polar surface area (TPSA) is 92.7 Å². The summed E-state index contributed by atoms with van der Waals surface area (Å²) in [5.41, 5.74) is 0.719. The SMILES string of the molecule is O=C(OCc1ccc(Cl)cc1)c1cc(NS(=O)(=O)c2cccs2)ccc1O. The molecule has 0 aliphatic rings. The van der Waals surface area contributed by atoms with Crippen LogP contribution in [-0.4, -0.2) is 19.5 Å². The number of esters is 1. The maximum absolute atomic E-state index is 12.3. The molecule has 27 heavy (non-hydrogen) atoms. The van der Waals surface area contributed by atoms with Crippen LogP contribution >= 0.6 is 22.9 Å². The summed E-state index contributed by atoms with van der Waals surface area (Å²) in [6.45, 7) is -0.0133. The van der Waals surface area contributed by atoms with E-state index in [2.05, 4.69) is 4.72 Å². The van der Waals surface area contributed by atoms with Gasteiger partial charge in [0.05, 0.1) is 0 Å². The molecule has 0 unspecified atom stereocenters. The molecule has 3 aromatic rings. The highest BCUT2D eigenvalue weighted by Gasteiger charge is 2.18. The van der Waals surface area contributed by atoms with E-state index in [0.717, 1.165) is 16.9 Å². The zero-order valence-corrected chi connectivity index (χ0v) is 16.1. The monoisotopic (exact) mass is 423 g/mol. The summed E-state index contributed by atoms with van der Waals surface area (Å²) >= 11 is 6.87. The molecular formula is C18H14ClNO5S2. The molecule has 2 N–H and O–H groups in total. The molecule has 140 valence electrons. The molecule has 0 aliphatic heterocycles. The van der Waals surface area contributed by atoms with Gasteiger partial charge in [0.15, 0.2) is 0 Å². The Morgan fingerprint density at radius 2 is 1.89 bits per heavy atom. The number of aromatic hydroxyl groups is 1. The average molecular weight is 424 g/mol. The van der Waals surface area contributed by atoms with Gasteiger partial charge in [-0.3, -0.25) is 4.72 Å². The molecule has 3 rings (SSSR count). The first-order chi connectivity index (χ1) is 12.8. The average Bonchev–Trinajstić information content (AvgIpc) is 3.18. The van der Waals surface area contributed by atoms with Gasteiger partial charge < -0.3 is 9.84 Å². The number of benzene rings is 2. The summed E-state index contributed by atoms with van der Waals surface area (Å²) in [4.78, 5) is 12.3. The number of nitrogens with one attached hydrogen (secondary N) is 1. The molecule has 0 amide bonds. The lowest BCUT2D eigenvalue weighted by Gasteiger charge is -2.10. The van der Waals surface area contributed by atoms with Crippen molar-refractivity contribution in [1.29, 1.82) is 0 Å². The van der Waals surface area contributed by atoms with Crippen molar-refractivity contribution in [3.05, 3.63) is 76.1 Å². The first-order valence-electron chi connectivity index (χ1n) is 7.66. The van der Waals surface area contributed by atoms with Crippen molar-refractivity contribution >= 4 is 44.6 Å². The number of halogens is 1. The van der Waals surface area contributed by atoms with Crippen molar-refractivity contribution < 1.29 is 23.1 Å². The predicted molar refractivity (Wildman–Crippen MR) is 104 cm³/mol. The number of carbonyl (C=O) groups excluding carboxylic acids is 1. The molecule has 0 atom stereocenters. The number of phenols is 1. The second-order valence-corrected chi connectivity index (χ2v) is 8.77. The van der Waals surface area contributed by atoms with E-state index in [1.165, 1.54) is 24.3 Å². The highest BCUT2D eigenvalue weighted by atomic mass is 35.5. The normalized spacial score (nSPS) is 11.1. The van der Waals surface area contributed by atoms with E-state index >= 15 is 0 Å². The van der Waals surface area contributed by atoms with Crippen LogP contribution in [0.3, 0.4) is 0 Å². The van der Waals surface area contributed by atoms with Crippen LogP contribution in [-0.2, 0) is 21.4 Å². The van der Waals surface area contributed by atoms with Gasteiger partial charge in [0, 0.05) is 10.7 Å². The predicted octanol–water partition coefficient (Wildman–Crippen LogP) is 4.26. The van der Waals surface area contributed by atoms with Gasteiger partial charge in [-0.25, -0.2) is 13.2 Å². The third-order valence-electron chi connectivity index (χ3n) is 3.51. The molecule has 2 aromatic carbocycles. The number of thiophene rings is 1. The van der Waals surface area contributed by atoms with Crippen LogP contribution in [0.25, 0.3) is 0 Å². The van der Waals surface area contributed by atoms with E-state index in [1.54, 1.807) is 35.7 Å². The minimum atomic E-state index is -3.76. The van der Waals surface area contributed by atoms with Gasteiger partial charge in [-0.15, -0.1) is 11.3 Å². The molecule has 9 heteroatoms. The van der Waals surface area contributed by atoms with Gasteiger partial charge in [0.2, 0.25) is 0 Å². The van der Waals surface area contributed by atoms with Crippen LogP contribution in [0.15, 0.2) is 64.2 Å². The lowest BCUT2D eigenvalue weighted by atomic mass is 10.2. The Kier molecular flexibility index (Phi) is 5.69. The fourth-order valence-corrected chi connectivity index (χ4v) is 4.36. The molecule has 0 aliphatic carbocycles. The van der Waals surface area contributed by atoms with Gasteiger partial charge >= 0.3 is 5.97 Å². The van der Waals surface area contributed by atoms with E-state index in [-0.39, 0.29) is 27.8 Å². The zero-order valence-electron chi connectivity index (χ0n) is 13.8. The van der Waals surface area contributed by atoms with Gasteiger partial charge in [-0.05, 0) is 47.3 Å². The summed E-state index contributed by atoms with van der Waals surface area (Å²) in [6, 6.07) is 13.7. The molecule has 0 bridgehead atoms. The van der Waals surface area contributed by atoms with Gasteiger partial charge in [0.1, 0.15) is 22.1 Å². The van der Waals surface area contributed by atoms with Crippen LogP contribution in [0.2, 0.25) is 5.02 Å². The number of phenolic OH excluding ortho intramolecular Hbond substituents is 1. The number of rotatable bonds is 6. The van der Waals surface area contributed by atoms with Crippen LogP contribution in [0, 0.1) is 0 Å². The smallest absolute Gasteiger partial charge is 0.342 e. The van der Waals surface area contributed by atoms with Gasteiger partial charge in [0.25, 0.3) is 10.0 Å². The number of hydrogen-bond donors (Lipinski definition) is 2. The number of ether oxygens (including phenoxy) is 1. The van der Waals surface area contributed by atoms with Crippen molar-refractivity contribution in [2.75, 3.05) is 4.72 Å². The highest BCUT2D eigenvalue weighted by molar-refractivity contribution is 7.94. The second-order valence-electron chi connectivity index (χ2n) is 5.47. The molecule has 0 saturated heterocycles. The quantitative estimate of drug-likeness (QED) is 0.456. The second kappa shape index (κ2) is 7.99. The molecule has 1 aromatic heterocycles. The fourth-order valence-electron chi connectivity index (χ4n) is 2.19.